The fourth-order valence-corrected chi connectivity index (χ4v) is 2.20. The second kappa shape index (κ2) is 6.72. The third-order valence-electron chi connectivity index (χ3n) is 3.38. The lowest BCUT2D eigenvalue weighted by Crippen LogP contribution is -2.30. The number of hydrogen-bond donors (Lipinski definition) is 0. The molecule has 0 unspecified atom stereocenters. The van der Waals surface area contributed by atoms with Gasteiger partial charge in [-0.3, -0.25) is 0 Å². The van der Waals surface area contributed by atoms with Gasteiger partial charge in [0.15, 0.2) is 6.20 Å². The van der Waals surface area contributed by atoms with Gasteiger partial charge >= 0.3 is 0 Å². The van der Waals surface area contributed by atoms with Crippen LogP contribution in [0, 0.1) is 0 Å². The summed E-state index contributed by atoms with van der Waals surface area (Å²) in [6.07, 6.45) is 6.23. The van der Waals surface area contributed by atoms with Crippen LogP contribution in [-0.2, 0) is 7.05 Å². The SMILES string of the molecule is C[n+]1ccccc1/C=C/c1cccc(Oc2ccccc2)c1. The molecule has 0 bridgehead atoms. The molecule has 0 N–H and O–H groups in total. The summed E-state index contributed by atoms with van der Waals surface area (Å²) in [6.45, 7) is 0. The molecule has 22 heavy (non-hydrogen) atoms. The largest absolute Gasteiger partial charge is 0.457 e. The Hall–Kier alpha value is -2.87. The van der Waals surface area contributed by atoms with Crippen molar-refractivity contribution < 1.29 is 9.30 Å². The minimum absolute atomic E-state index is 0.839. The van der Waals surface area contributed by atoms with Gasteiger partial charge in [-0.15, -0.1) is 0 Å². The van der Waals surface area contributed by atoms with Crippen molar-refractivity contribution in [2.45, 2.75) is 0 Å². The third kappa shape index (κ3) is 3.61. The maximum Gasteiger partial charge on any atom is 0.204 e. The fraction of sp³-hybridized carbons (Fsp3) is 0.0500. The monoisotopic (exact) mass is 288 g/mol. The maximum atomic E-state index is 5.86. The molecule has 108 valence electrons. The highest BCUT2D eigenvalue weighted by molar-refractivity contribution is 5.67. The molecule has 0 aliphatic heterocycles. The lowest BCUT2D eigenvalue weighted by atomic mass is 10.2. The predicted octanol–water partition coefficient (Wildman–Crippen LogP) is 4.47. The standard InChI is InChI=1S/C20H18NO/c1-21-15-6-5-9-18(21)14-13-17-8-7-12-20(16-17)22-19-10-3-2-4-11-19/h2-16H,1H3/q+1/b14-13+. The smallest absolute Gasteiger partial charge is 0.204 e. The second-order valence-corrected chi connectivity index (χ2v) is 5.06. The van der Waals surface area contributed by atoms with E-state index in [4.69, 9.17) is 4.74 Å². The van der Waals surface area contributed by atoms with E-state index in [2.05, 4.69) is 28.9 Å². The quantitative estimate of drug-likeness (QED) is 0.645. The van der Waals surface area contributed by atoms with Crippen LogP contribution in [0.2, 0.25) is 0 Å². The van der Waals surface area contributed by atoms with Crippen molar-refractivity contribution in [1.82, 2.24) is 0 Å². The van der Waals surface area contributed by atoms with Crippen LogP contribution >= 0.6 is 0 Å². The van der Waals surface area contributed by atoms with Crippen LogP contribution in [0.1, 0.15) is 11.3 Å². The summed E-state index contributed by atoms with van der Waals surface area (Å²) < 4.78 is 7.94. The number of benzene rings is 2. The van der Waals surface area contributed by atoms with E-state index in [1.54, 1.807) is 0 Å². The van der Waals surface area contributed by atoms with Crippen LogP contribution in [-0.4, -0.2) is 0 Å². The van der Waals surface area contributed by atoms with Crippen molar-refractivity contribution in [3.05, 3.63) is 90.3 Å². The van der Waals surface area contributed by atoms with Crippen LogP contribution in [0.5, 0.6) is 11.5 Å². The first-order valence-corrected chi connectivity index (χ1v) is 7.27. The summed E-state index contributed by atoms with van der Waals surface area (Å²) in [5.74, 6) is 1.68. The average Bonchev–Trinajstić information content (AvgIpc) is 2.55. The molecule has 1 heterocycles. The van der Waals surface area contributed by atoms with Crippen LogP contribution in [0.4, 0.5) is 0 Å². The topological polar surface area (TPSA) is 13.1 Å². The summed E-state index contributed by atoms with van der Waals surface area (Å²) in [5, 5.41) is 0. The normalized spacial score (nSPS) is 10.8. The molecule has 3 aromatic rings. The molecule has 0 saturated carbocycles. The molecule has 1 aromatic heterocycles. The van der Waals surface area contributed by atoms with Gasteiger partial charge in [0.1, 0.15) is 18.5 Å². The van der Waals surface area contributed by atoms with Crippen molar-refractivity contribution in [2.75, 3.05) is 0 Å². The molecule has 0 spiro atoms. The first-order chi connectivity index (χ1) is 10.8. The molecule has 0 saturated heterocycles. The third-order valence-corrected chi connectivity index (χ3v) is 3.38. The Labute approximate surface area is 130 Å². The van der Waals surface area contributed by atoms with Crippen molar-refractivity contribution in [3.63, 3.8) is 0 Å². The summed E-state index contributed by atoms with van der Waals surface area (Å²) in [4.78, 5) is 0. The first-order valence-electron chi connectivity index (χ1n) is 7.27. The number of aromatic nitrogens is 1. The molecule has 2 heteroatoms. The number of para-hydroxylation sites is 1. The van der Waals surface area contributed by atoms with Gasteiger partial charge in [-0.1, -0.05) is 30.3 Å². The first kappa shape index (κ1) is 14.1. The Morgan fingerprint density at radius 1 is 0.773 bits per heavy atom. The number of nitrogens with zero attached hydrogens (tertiary/aromatic N) is 1. The molecule has 2 nitrogen and oxygen atoms in total. The lowest BCUT2D eigenvalue weighted by Gasteiger charge is -2.05. The number of aryl methyl sites for hydroxylation is 1. The highest BCUT2D eigenvalue weighted by atomic mass is 16.5. The van der Waals surface area contributed by atoms with E-state index in [9.17, 15) is 0 Å². The highest BCUT2D eigenvalue weighted by Gasteiger charge is 2.00. The minimum Gasteiger partial charge on any atom is -0.457 e. The van der Waals surface area contributed by atoms with Crippen LogP contribution < -0.4 is 9.30 Å². The minimum atomic E-state index is 0.839. The van der Waals surface area contributed by atoms with E-state index in [1.807, 2.05) is 73.9 Å². The molecule has 0 atom stereocenters. The van der Waals surface area contributed by atoms with Gasteiger partial charge in [0, 0.05) is 18.2 Å². The van der Waals surface area contributed by atoms with Gasteiger partial charge in [-0.2, -0.15) is 0 Å². The molecule has 0 amide bonds. The summed E-state index contributed by atoms with van der Waals surface area (Å²) in [5.41, 5.74) is 2.26. The number of rotatable bonds is 4. The van der Waals surface area contributed by atoms with Crippen LogP contribution in [0.3, 0.4) is 0 Å². The Bertz CT molecular complexity index is 778. The van der Waals surface area contributed by atoms with E-state index in [0.717, 1.165) is 22.8 Å². The lowest BCUT2D eigenvalue weighted by molar-refractivity contribution is -0.673. The van der Waals surface area contributed by atoms with Gasteiger partial charge in [-0.25, -0.2) is 4.57 Å². The number of ether oxygens (including phenoxy) is 1. The average molecular weight is 288 g/mol. The Morgan fingerprint density at radius 3 is 2.36 bits per heavy atom. The van der Waals surface area contributed by atoms with Crippen LogP contribution in [0.15, 0.2) is 79.0 Å². The van der Waals surface area contributed by atoms with Gasteiger partial charge in [0.2, 0.25) is 5.69 Å². The molecule has 2 aromatic carbocycles. The zero-order chi connectivity index (χ0) is 15.2. The van der Waals surface area contributed by atoms with Gasteiger partial charge in [0.25, 0.3) is 0 Å². The zero-order valence-corrected chi connectivity index (χ0v) is 12.5. The Balaban J connectivity index is 1.78. The van der Waals surface area contributed by atoms with Crippen molar-refractivity contribution in [2.24, 2.45) is 7.05 Å². The van der Waals surface area contributed by atoms with Crippen molar-refractivity contribution >= 4 is 12.2 Å². The van der Waals surface area contributed by atoms with E-state index >= 15 is 0 Å². The van der Waals surface area contributed by atoms with Gasteiger partial charge in [0.05, 0.1) is 0 Å². The zero-order valence-electron chi connectivity index (χ0n) is 12.5. The molecular weight excluding hydrogens is 270 g/mol. The fourth-order valence-electron chi connectivity index (χ4n) is 2.20. The molecule has 0 fully saturated rings. The van der Waals surface area contributed by atoms with E-state index < -0.39 is 0 Å². The van der Waals surface area contributed by atoms with Crippen LogP contribution in [0.25, 0.3) is 12.2 Å². The van der Waals surface area contributed by atoms with Gasteiger partial charge in [-0.05, 0) is 42.0 Å². The Kier molecular flexibility index (Phi) is 4.30. The van der Waals surface area contributed by atoms with Crippen molar-refractivity contribution in [1.29, 1.82) is 0 Å². The van der Waals surface area contributed by atoms with E-state index in [1.165, 1.54) is 0 Å². The van der Waals surface area contributed by atoms with E-state index in [0.29, 0.717) is 0 Å². The summed E-state index contributed by atoms with van der Waals surface area (Å²) in [7, 11) is 2.04. The maximum absolute atomic E-state index is 5.86. The molecule has 0 radical (unpaired) electrons. The number of pyridine rings is 1. The second-order valence-electron chi connectivity index (χ2n) is 5.06. The summed E-state index contributed by atoms with van der Waals surface area (Å²) >= 11 is 0. The summed E-state index contributed by atoms with van der Waals surface area (Å²) in [6, 6.07) is 24.0. The number of hydrogen-bond acceptors (Lipinski definition) is 1. The van der Waals surface area contributed by atoms with E-state index in [-0.39, 0.29) is 0 Å². The predicted molar refractivity (Wildman–Crippen MR) is 89.5 cm³/mol. The van der Waals surface area contributed by atoms with Gasteiger partial charge < -0.3 is 4.74 Å². The molecular formula is C20H18NO+. The molecule has 3 rings (SSSR count). The van der Waals surface area contributed by atoms with Crippen molar-refractivity contribution in [3.8, 4) is 11.5 Å². The highest BCUT2D eigenvalue weighted by Crippen LogP contribution is 2.22. The molecule has 0 aliphatic rings. The molecule has 0 aliphatic carbocycles. The Morgan fingerprint density at radius 2 is 1.55 bits per heavy atom.